The van der Waals surface area contributed by atoms with Crippen LogP contribution >= 0.6 is 0 Å². The van der Waals surface area contributed by atoms with E-state index >= 15 is 0 Å². The van der Waals surface area contributed by atoms with Crippen LogP contribution in [-0.4, -0.2) is 19.5 Å². The molecule has 120 valence electrons. The molecule has 0 bridgehead atoms. The third-order valence-corrected chi connectivity index (χ3v) is 4.41. The largest absolute Gasteiger partial charge is 0.390 e. The maximum Gasteiger partial charge on any atom is 0.296 e. The van der Waals surface area contributed by atoms with Gasteiger partial charge in [0.1, 0.15) is 5.52 Å². The monoisotopic (exact) mass is 319 g/mol. The third kappa shape index (κ3) is 1.98. The molecule has 0 saturated heterocycles. The Labute approximate surface area is 138 Å². The van der Waals surface area contributed by atoms with Crippen LogP contribution in [0.5, 0.6) is 0 Å². The quantitative estimate of drug-likeness (QED) is 0.618. The van der Waals surface area contributed by atoms with Crippen LogP contribution in [0.1, 0.15) is 11.3 Å². The highest BCUT2D eigenvalue weighted by molar-refractivity contribution is 6.09. The van der Waals surface area contributed by atoms with Crippen molar-refractivity contribution in [3.63, 3.8) is 0 Å². The van der Waals surface area contributed by atoms with Crippen molar-refractivity contribution in [2.75, 3.05) is 0 Å². The fourth-order valence-corrected chi connectivity index (χ4v) is 3.27. The molecule has 24 heavy (non-hydrogen) atoms. The standard InChI is InChI=1S/C19H17N3O2/c1-12-8-9-16-14(10-12)17-15(11-23)20-22(13-6-4-3-5-7-13)19(24)18(17)21(16)2/h3-10,23H,11H2,1-2H3. The molecule has 0 fully saturated rings. The molecule has 5 nitrogen and oxygen atoms in total. The Morgan fingerprint density at radius 1 is 1.12 bits per heavy atom. The number of aliphatic hydroxyl groups excluding tert-OH is 1. The van der Waals surface area contributed by atoms with Crippen LogP contribution in [0.2, 0.25) is 0 Å². The Balaban J connectivity index is 2.22. The summed E-state index contributed by atoms with van der Waals surface area (Å²) in [7, 11) is 1.87. The Morgan fingerprint density at radius 3 is 2.58 bits per heavy atom. The van der Waals surface area contributed by atoms with Gasteiger partial charge in [0.25, 0.3) is 5.56 Å². The van der Waals surface area contributed by atoms with Gasteiger partial charge in [-0.2, -0.15) is 9.78 Å². The van der Waals surface area contributed by atoms with Crippen LogP contribution in [0.3, 0.4) is 0 Å². The zero-order valence-electron chi connectivity index (χ0n) is 13.5. The lowest BCUT2D eigenvalue weighted by Crippen LogP contribution is -2.24. The van der Waals surface area contributed by atoms with Gasteiger partial charge < -0.3 is 9.67 Å². The SMILES string of the molecule is Cc1ccc2c(c1)c1c(CO)nn(-c3ccccc3)c(=O)c1n2C. The van der Waals surface area contributed by atoms with Crippen LogP contribution < -0.4 is 5.56 Å². The number of aryl methyl sites for hydroxylation is 2. The minimum absolute atomic E-state index is 0.190. The van der Waals surface area contributed by atoms with Crippen molar-refractivity contribution in [3.8, 4) is 5.69 Å². The maximum atomic E-state index is 13.1. The van der Waals surface area contributed by atoms with Gasteiger partial charge in [-0.1, -0.05) is 29.8 Å². The lowest BCUT2D eigenvalue weighted by Gasteiger charge is -2.08. The number of aromatic nitrogens is 3. The second-order valence-electron chi connectivity index (χ2n) is 5.96. The summed E-state index contributed by atoms with van der Waals surface area (Å²) >= 11 is 0. The molecule has 4 aromatic rings. The molecule has 0 spiro atoms. The molecular weight excluding hydrogens is 302 g/mol. The zero-order chi connectivity index (χ0) is 16.8. The topological polar surface area (TPSA) is 60.1 Å². The smallest absolute Gasteiger partial charge is 0.296 e. The van der Waals surface area contributed by atoms with Gasteiger partial charge in [-0.3, -0.25) is 4.79 Å². The van der Waals surface area contributed by atoms with Gasteiger partial charge in [0, 0.05) is 23.3 Å². The molecule has 0 amide bonds. The minimum Gasteiger partial charge on any atom is -0.390 e. The molecule has 0 aliphatic heterocycles. The Hall–Kier alpha value is -2.92. The zero-order valence-corrected chi connectivity index (χ0v) is 13.5. The maximum absolute atomic E-state index is 13.1. The average molecular weight is 319 g/mol. The van der Waals surface area contributed by atoms with Crippen LogP contribution in [0, 0.1) is 6.92 Å². The van der Waals surface area contributed by atoms with E-state index in [0.29, 0.717) is 16.9 Å². The predicted molar refractivity (Wildman–Crippen MR) is 94.5 cm³/mol. The number of hydrogen-bond donors (Lipinski definition) is 1. The Kier molecular flexibility index (Phi) is 3.25. The first-order chi connectivity index (χ1) is 11.6. The van der Waals surface area contributed by atoms with Crippen molar-refractivity contribution in [2.24, 2.45) is 7.05 Å². The van der Waals surface area contributed by atoms with Crippen molar-refractivity contribution in [1.29, 1.82) is 0 Å². The number of nitrogens with zero attached hydrogens (tertiary/aromatic N) is 3. The van der Waals surface area contributed by atoms with E-state index in [-0.39, 0.29) is 12.2 Å². The van der Waals surface area contributed by atoms with Crippen molar-refractivity contribution >= 4 is 21.8 Å². The summed E-state index contributed by atoms with van der Waals surface area (Å²) in [5.41, 5.74) is 3.61. The highest BCUT2D eigenvalue weighted by Crippen LogP contribution is 2.29. The van der Waals surface area contributed by atoms with Crippen LogP contribution in [0.15, 0.2) is 53.3 Å². The Bertz CT molecular complexity index is 1120. The second kappa shape index (κ2) is 5.32. The number of benzene rings is 2. The molecule has 0 unspecified atom stereocenters. The summed E-state index contributed by atoms with van der Waals surface area (Å²) in [6, 6.07) is 15.3. The normalized spacial score (nSPS) is 11.5. The number of aliphatic hydroxyl groups is 1. The van der Waals surface area contributed by atoms with E-state index in [1.807, 2.05) is 67.1 Å². The Morgan fingerprint density at radius 2 is 1.88 bits per heavy atom. The summed E-state index contributed by atoms with van der Waals surface area (Å²) in [6.07, 6.45) is 0. The molecule has 0 aliphatic rings. The van der Waals surface area contributed by atoms with Gasteiger partial charge in [0.05, 0.1) is 18.0 Å². The fourth-order valence-electron chi connectivity index (χ4n) is 3.27. The van der Waals surface area contributed by atoms with E-state index in [1.54, 1.807) is 0 Å². The third-order valence-electron chi connectivity index (χ3n) is 4.41. The molecule has 2 heterocycles. The lowest BCUT2D eigenvalue weighted by molar-refractivity contribution is 0.276. The second-order valence-corrected chi connectivity index (χ2v) is 5.96. The fraction of sp³-hybridized carbons (Fsp3) is 0.158. The lowest BCUT2D eigenvalue weighted by atomic mass is 10.1. The summed E-state index contributed by atoms with van der Waals surface area (Å²) in [5, 5.41) is 15.9. The summed E-state index contributed by atoms with van der Waals surface area (Å²) in [4.78, 5) is 13.1. The number of hydrogen-bond acceptors (Lipinski definition) is 3. The molecule has 0 radical (unpaired) electrons. The first-order valence-corrected chi connectivity index (χ1v) is 7.79. The van der Waals surface area contributed by atoms with Crippen molar-refractivity contribution in [1.82, 2.24) is 14.3 Å². The van der Waals surface area contributed by atoms with Gasteiger partial charge in [0.2, 0.25) is 0 Å². The molecule has 1 N–H and O–H groups in total. The molecule has 0 saturated carbocycles. The molecule has 5 heteroatoms. The summed E-state index contributed by atoms with van der Waals surface area (Å²) in [5.74, 6) is 0. The van der Waals surface area contributed by atoms with Crippen molar-refractivity contribution in [2.45, 2.75) is 13.5 Å². The van der Waals surface area contributed by atoms with Crippen LogP contribution in [-0.2, 0) is 13.7 Å². The highest BCUT2D eigenvalue weighted by Gasteiger charge is 2.19. The van der Waals surface area contributed by atoms with Gasteiger partial charge in [-0.05, 0) is 31.2 Å². The van der Waals surface area contributed by atoms with Crippen molar-refractivity contribution < 1.29 is 5.11 Å². The van der Waals surface area contributed by atoms with Gasteiger partial charge in [0.15, 0.2) is 0 Å². The molecule has 0 aliphatic carbocycles. The van der Waals surface area contributed by atoms with E-state index < -0.39 is 0 Å². The van der Waals surface area contributed by atoms with E-state index in [1.165, 1.54) is 4.68 Å². The molecule has 4 rings (SSSR count). The number of fused-ring (bicyclic) bond motifs is 3. The number of para-hydroxylation sites is 1. The summed E-state index contributed by atoms with van der Waals surface area (Å²) < 4.78 is 3.24. The van der Waals surface area contributed by atoms with E-state index in [0.717, 1.165) is 21.9 Å². The van der Waals surface area contributed by atoms with Crippen LogP contribution in [0.25, 0.3) is 27.5 Å². The van der Waals surface area contributed by atoms with Gasteiger partial charge in [-0.25, -0.2) is 0 Å². The number of rotatable bonds is 2. The summed E-state index contributed by atoms with van der Waals surface area (Å²) in [6.45, 7) is 1.78. The van der Waals surface area contributed by atoms with Gasteiger partial charge >= 0.3 is 0 Å². The first-order valence-electron chi connectivity index (χ1n) is 7.79. The van der Waals surface area contributed by atoms with E-state index in [9.17, 15) is 9.90 Å². The molecule has 2 aromatic heterocycles. The van der Waals surface area contributed by atoms with Gasteiger partial charge in [-0.15, -0.1) is 0 Å². The van der Waals surface area contributed by atoms with E-state index in [4.69, 9.17) is 0 Å². The predicted octanol–water partition coefficient (Wildman–Crippen LogP) is 2.68. The molecular formula is C19H17N3O2. The minimum atomic E-state index is -0.226. The molecule has 0 atom stereocenters. The first kappa shape index (κ1) is 14.7. The van der Waals surface area contributed by atoms with Crippen LogP contribution in [0.4, 0.5) is 0 Å². The van der Waals surface area contributed by atoms with E-state index in [2.05, 4.69) is 5.10 Å². The average Bonchev–Trinajstić information content (AvgIpc) is 2.89. The highest BCUT2D eigenvalue weighted by atomic mass is 16.3. The van der Waals surface area contributed by atoms with Crippen molar-refractivity contribution in [3.05, 3.63) is 70.1 Å². The molecule has 2 aromatic carbocycles.